The minimum Gasteiger partial charge on any atom is -0.247 e. The maximum Gasteiger partial charge on any atom is 0.264 e. The molecule has 0 aliphatic rings. The molecule has 0 radical (unpaired) electrons. The maximum atomic E-state index is 12.5. The van der Waals surface area contributed by atoms with Crippen LogP contribution in [0.1, 0.15) is 23.2 Å². The first kappa shape index (κ1) is 11.3. The highest BCUT2D eigenvalue weighted by molar-refractivity contribution is 14.1. The number of alkyl halides is 3. The van der Waals surface area contributed by atoms with Crippen molar-refractivity contribution >= 4 is 38.5 Å². The molecule has 0 aliphatic heterocycles. The van der Waals surface area contributed by atoms with E-state index in [4.69, 9.17) is 0 Å². The zero-order valence-electron chi connectivity index (χ0n) is 6.82. The van der Waals surface area contributed by atoms with Gasteiger partial charge in [0.25, 0.3) is 6.43 Å². The predicted octanol–water partition coefficient (Wildman–Crippen LogP) is 3.83. The molecule has 1 aromatic heterocycles. The second-order valence-corrected chi connectivity index (χ2v) is 4.20. The van der Waals surface area contributed by atoms with Gasteiger partial charge in [0.15, 0.2) is 0 Å². The van der Waals surface area contributed by atoms with Gasteiger partial charge in [-0.25, -0.2) is 13.8 Å². The molecule has 1 aromatic rings. The van der Waals surface area contributed by atoms with Crippen molar-refractivity contribution < 1.29 is 8.78 Å². The first-order valence-electron chi connectivity index (χ1n) is 3.56. The van der Waals surface area contributed by atoms with Gasteiger partial charge in [-0.05, 0) is 41.1 Å². The number of aromatic nitrogens is 1. The largest absolute Gasteiger partial charge is 0.264 e. The van der Waals surface area contributed by atoms with Crippen molar-refractivity contribution in [1.82, 2.24) is 4.98 Å². The fourth-order valence-corrected chi connectivity index (χ4v) is 2.48. The van der Waals surface area contributed by atoms with Crippen LogP contribution < -0.4 is 0 Å². The van der Waals surface area contributed by atoms with E-state index in [-0.39, 0.29) is 5.56 Å². The lowest BCUT2D eigenvalue weighted by Gasteiger charge is -2.09. The van der Waals surface area contributed by atoms with E-state index < -0.39 is 6.43 Å². The molecule has 0 bridgehead atoms. The molecule has 0 saturated carbocycles. The van der Waals surface area contributed by atoms with Crippen LogP contribution in [0.25, 0.3) is 0 Å². The van der Waals surface area contributed by atoms with Gasteiger partial charge in [0.2, 0.25) is 0 Å². The Bertz CT molecular complexity index is 317. The Balaban J connectivity index is 3.29. The highest BCUT2D eigenvalue weighted by atomic mass is 127. The van der Waals surface area contributed by atoms with Gasteiger partial charge in [0.05, 0.1) is 0 Å². The highest BCUT2D eigenvalue weighted by Crippen LogP contribution is 2.27. The van der Waals surface area contributed by atoms with E-state index in [0.29, 0.717) is 20.3 Å². The summed E-state index contributed by atoms with van der Waals surface area (Å²) in [6, 6.07) is 1.43. The van der Waals surface area contributed by atoms with Crippen molar-refractivity contribution in [3.63, 3.8) is 0 Å². The number of nitrogens with zero attached hydrogens (tertiary/aromatic N) is 1. The van der Waals surface area contributed by atoms with Crippen LogP contribution in [0.4, 0.5) is 8.78 Å². The molecule has 0 atom stereocenters. The quantitative estimate of drug-likeness (QED) is 0.443. The number of hydrogen-bond donors (Lipinski definition) is 0. The Kier molecular flexibility index (Phi) is 4.03. The SMILES string of the molecule is Cc1nc(I)cc(C(F)F)c1CBr. The second kappa shape index (κ2) is 4.63. The van der Waals surface area contributed by atoms with Gasteiger partial charge in [0.1, 0.15) is 3.70 Å². The Labute approximate surface area is 97.2 Å². The van der Waals surface area contributed by atoms with Gasteiger partial charge >= 0.3 is 0 Å². The fourth-order valence-electron chi connectivity index (χ4n) is 1.05. The van der Waals surface area contributed by atoms with Crippen molar-refractivity contribution in [3.05, 3.63) is 26.6 Å². The van der Waals surface area contributed by atoms with Crippen LogP contribution in [0, 0.1) is 10.6 Å². The topological polar surface area (TPSA) is 12.9 Å². The lowest BCUT2D eigenvalue weighted by molar-refractivity contribution is 0.150. The summed E-state index contributed by atoms with van der Waals surface area (Å²) in [6.07, 6.45) is -2.43. The molecule has 0 unspecified atom stereocenters. The summed E-state index contributed by atoms with van der Waals surface area (Å²) in [5, 5.41) is 0.419. The van der Waals surface area contributed by atoms with Crippen LogP contribution in [-0.2, 0) is 5.33 Å². The number of pyridine rings is 1. The lowest BCUT2D eigenvalue weighted by Crippen LogP contribution is -2.00. The number of aryl methyl sites for hydroxylation is 1. The third-order valence-corrected chi connectivity index (χ3v) is 2.82. The monoisotopic (exact) mass is 361 g/mol. The van der Waals surface area contributed by atoms with Crippen molar-refractivity contribution in [2.45, 2.75) is 18.7 Å². The van der Waals surface area contributed by atoms with E-state index in [9.17, 15) is 8.78 Å². The molecule has 1 rings (SSSR count). The second-order valence-electron chi connectivity index (χ2n) is 2.53. The van der Waals surface area contributed by atoms with Gasteiger partial charge in [-0.2, -0.15) is 0 Å². The van der Waals surface area contributed by atoms with E-state index in [1.807, 2.05) is 22.6 Å². The number of rotatable bonds is 2. The molecule has 1 nitrogen and oxygen atoms in total. The van der Waals surface area contributed by atoms with Crippen LogP contribution >= 0.6 is 38.5 Å². The molecule has 0 aromatic carbocycles. The van der Waals surface area contributed by atoms with E-state index in [2.05, 4.69) is 20.9 Å². The maximum absolute atomic E-state index is 12.5. The zero-order chi connectivity index (χ0) is 10.0. The average molecular weight is 362 g/mol. The Morgan fingerprint density at radius 3 is 2.69 bits per heavy atom. The van der Waals surface area contributed by atoms with Gasteiger partial charge in [-0.3, -0.25) is 0 Å². The van der Waals surface area contributed by atoms with E-state index in [1.165, 1.54) is 6.07 Å². The number of hydrogen-bond acceptors (Lipinski definition) is 1. The molecule has 72 valence electrons. The average Bonchev–Trinajstić information content (AvgIpc) is 2.02. The highest BCUT2D eigenvalue weighted by Gasteiger charge is 2.15. The first-order valence-corrected chi connectivity index (χ1v) is 5.76. The van der Waals surface area contributed by atoms with Crippen molar-refractivity contribution in [3.8, 4) is 0 Å². The van der Waals surface area contributed by atoms with Gasteiger partial charge in [-0.1, -0.05) is 15.9 Å². The molecule has 13 heavy (non-hydrogen) atoms. The van der Waals surface area contributed by atoms with Gasteiger partial charge in [-0.15, -0.1) is 0 Å². The Morgan fingerprint density at radius 1 is 1.62 bits per heavy atom. The summed E-state index contributed by atoms with van der Waals surface area (Å²) in [7, 11) is 0. The van der Waals surface area contributed by atoms with E-state index in [1.54, 1.807) is 6.92 Å². The summed E-state index contributed by atoms with van der Waals surface area (Å²) in [6.45, 7) is 1.74. The van der Waals surface area contributed by atoms with Crippen LogP contribution in [0.15, 0.2) is 6.07 Å². The fraction of sp³-hybridized carbons (Fsp3) is 0.375. The minimum atomic E-state index is -2.43. The summed E-state index contributed by atoms with van der Waals surface area (Å²) < 4.78 is 25.7. The molecular formula is C8H7BrF2IN. The van der Waals surface area contributed by atoms with Crippen LogP contribution in [0.5, 0.6) is 0 Å². The minimum absolute atomic E-state index is 0.0776. The van der Waals surface area contributed by atoms with Crippen LogP contribution in [0.2, 0.25) is 0 Å². The summed E-state index contributed by atoms with van der Waals surface area (Å²) in [5.41, 5.74) is 1.34. The van der Waals surface area contributed by atoms with Gasteiger partial charge < -0.3 is 0 Å². The van der Waals surface area contributed by atoms with Crippen LogP contribution in [-0.4, -0.2) is 4.98 Å². The van der Waals surface area contributed by atoms with Crippen LogP contribution in [0.3, 0.4) is 0 Å². The van der Waals surface area contributed by atoms with Crippen molar-refractivity contribution in [1.29, 1.82) is 0 Å². The smallest absolute Gasteiger partial charge is 0.247 e. The third kappa shape index (κ3) is 2.59. The van der Waals surface area contributed by atoms with E-state index >= 15 is 0 Å². The Hall–Kier alpha value is 0.220. The standard InChI is InChI=1S/C8H7BrF2IN/c1-4-6(3-9)5(8(10)11)2-7(12)13-4/h2,8H,3H2,1H3. The molecular weight excluding hydrogens is 355 g/mol. The Morgan fingerprint density at radius 2 is 2.23 bits per heavy atom. The number of halogens is 4. The predicted molar refractivity (Wildman–Crippen MR) is 59.3 cm³/mol. The summed E-state index contributed by atoms with van der Waals surface area (Å²) in [5.74, 6) is 0. The van der Waals surface area contributed by atoms with Gasteiger partial charge in [0, 0.05) is 16.6 Å². The lowest BCUT2D eigenvalue weighted by atomic mass is 10.1. The van der Waals surface area contributed by atoms with E-state index in [0.717, 1.165) is 0 Å². The summed E-state index contributed by atoms with van der Waals surface area (Å²) >= 11 is 5.11. The first-order chi connectivity index (χ1) is 6.06. The molecule has 0 spiro atoms. The molecule has 0 saturated heterocycles. The molecule has 0 amide bonds. The van der Waals surface area contributed by atoms with Crippen molar-refractivity contribution in [2.24, 2.45) is 0 Å². The zero-order valence-corrected chi connectivity index (χ0v) is 10.6. The molecule has 0 N–H and O–H groups in total. The molecule has 0 fully saturated rings. The summed E-state index contributed by atoms with van der Waals surface area (Å²) in [4.78, 5) is 4.11. The normalized spacial score (nSPS) is 10.9. The third-order valence-electron chi connectivity index (χ3n) is 1.70. The molecule has 0 aliphatic carbocycles. The molecule has 1 heterocycles. The molecule has 5 heteroatoms. The van der Waals surface area contributed by atoms with Crippen molar-refractivity contribution in [2.75, 3.05) is 0 Å².